The van der Waals surface area contributed by atoms with Gasteiger partial charge in [-0.1, -0.05) is 129 Å². The molecule has 1 aliphatic rings. The zero-order valence-corrected chi connectivity index (χ0v) is 27.5. The van der Waals surface area contributed by atoms with E-state index in [1.165, 1.54) is 96.3 Å². The fraction of sp³-hybridized carbons (Fsp3) is 0.971. The predicted molar refractivity (Wildman–Crippen MR) is 169 cm³/mol. The molecule has 0 aromatic heterocycles. The van der Waals surface area contributed by atoms with Crippen molar-refractivity contribution in [2.45, 2.75) is 185 Å². The number of unbranched alkanes of at least 4 members (excludes halogenated alkanes) is 18. The monoisotopic (exact) mass is 618 g/mol. The number of aliphatic hydroxyl groups is 4. The molecule has 6 unspecified atom stereocenters. The Labute approximate surface area is 262 Å². The number of hydrogen-bond donors (Lipinski definition) is 4. The zero-order chi connectivity index (χ0) is 31.5. The molecule has 0 amide bonds. The highest BCUT2D eigenvalue weighted by molar-refractivity contribution is 5.69. The molecule has 0 spiro atoms. The van der Waals surface area contributed by atoms with Crippen LogP contribution >= 0.6 is 0 Å². The average Bonchev–Trinajstić information content (AvgIpc) is 3.00. The van der Waals surface area contributed by atoms with Crippen molar-refractivity contribution >= 4 is 5.97 Å². The maximum absolute atomic E-state index is 12.5. The Morgan fingerprint density at radius 1 is 0.651 bits per heavy atom. The number of carbonyl (C=O) groups is 1. The third-order valence-electron chi connectivity index (χ3n) is 8.27. The van der Waals surface area contributed by atoms with Crippen LogP contribution in [-0.4, -0.2) is 89.6 Å². The summed E-state index contributed by atoms with van der Waals surface area (Å²) in [4.78, 5) is 12.5. The summed E-state index contributed by atoms with van der Waals surface area (Å²) in [5, 5.41) is 39.7. The van der Waals surface area contributed by atoms with Crippen molar-refractivity contribution in [2.24, 2.45) is 0 Å². The Morgan fingerprint density at radius 3 is 1.65 bits per heavy atom. The predicted octanol–water partition coefficient (Wildman–Crippen LogP) is 5.96. The fourth-order valence-corrected chi connectivity index (χ4v) is 5.43. The first kappa shape index (κ1) is 40.2. The van der Waals surface area contributed by atoms with Crippen LogP contribution in [0.4, 0.5) is 0 Å². The number of rotatable bonds is 29. The van der Waals surface area contributed by atoms with Gasteiger partial charge in [-0.15, -0.1) is 0 Å². The van der Waals surface area contributed by atoms with Crippen LogP contribution in [0, 0.1) is 0 Å². The molecule has 43 heavy (non-hydrogen) atoms. The molecule has 0 bridgehead atoms. The second-order valence-corrected chi connectivity index (χ2v) is 12.3. The minimum absolute atomic E-state index is 0.107. The third kappa shape index (κ3) is 20.0. The highest BCUT2D eigenvalue weighted by atomic mass is 16.7. The van der Waals surface area contributed by atoms with E-state index < -0.39 is 43.4 Å². The minimum Gasteiger partial charge on any atom is -0.457 e. The average molecular weight is 619 g/mol. The molecular weight excluding hydrogens is 552 g/mol. The summed E-state index contributed by atoms with van der Waals surface area (Å²) in [5.41, 5.74) is 0. The van der Waals surface area contributed by atoms with Crippen molar-refractivity contribution in [3.05, 3.63) is 0 Å². The van der Waals surface area contributed by atoms with E-state index in [2.05, 4.69) is 13.8 Å². The summed E-state index contributed by atoms with van der Waals surface area (Å²) >= 11 is 0. The van der Waals surface area contributed by atoms with Gasteiger partial charge in [0, 0.05) is 13.0 Å². The van der Waals surface area contributed by atoms with Crippen LogP contribution in [0.3, 0.4) is 0 Å². The molecule has 1 heterocycles. The van der Waals surface area contributed by atoms with Crippen LogP contribution in [0.15, 0.2) is 0 Å². The van der Waals surface area contributed by atoms with Crippen LogP contribution < -0.4 is 0 Å². The van der Waals surface area contributed by atoms with Gasteiger partial charge >= 0.3 is 5.97 Å². The summed E-state index contributed by atoms with van der Waals surface area (Å²) in [6.07, 6.45) is 17.1. The Bertz CT molecular complexity index is 633. The highest BCUT2D eigenvalue weighted by Gasteiger charge is 2.44. The van der Waals surface area contributed by atoms with Crippen molar-refractivity contribution in [2.75, 3.05) is 26.4 Å². The molecule has 256 valence electrons. The lowest BCUT2D eigenvalue weighted by Crippen LogP contribution is -2.59. The van der Waals surface area contributed by atoms with Crippen molar-refractivity contribution in [3.63, 3.8) is 0 Å². The largest absolute Gasteiger partial charge is 0.457 e. The van der Waals surface area contributed by atoms with Crippen LogP contribution in [0.25, 0.3) is 0 Å². The summed E-state index contributed by atoms with van der Waals surface area (Å²) in [6, 6.07) is 0. The molecule has 1 aliphatic heterocycles. The summed E-state index contributed by atoms with van der Waals surface area (Å²) in [7, 11) is 0. The third-order valence-corrected chi connectivity index (χ3v) is 8.27. The number of esters is 1. The molecule has 0 aromatic rings. The molecule has 6 atom stereocenters. The zero-order valence-electron chi connectivity index (χ0n) is 27.5. The molecule has 1 rings (SSSR count). The van der Waals surface area contributed by atoms with Crippen molar-refractivity contribution in [1.82, 2.24) is 0 Å². The Kier molecular flexibility index (Phi) is 25.7. The van der Waals surface area contributed by atoms with Gasteiger partial charge in [0.2, 0.25) is 0 Å². The number of aliphatic hydroxyl groups excluding tert-OH is 4. The smallest absolute Gasteiger partial charge is 0.306 e. The first-order valence-corrected chi connectivity index (χ1v) is 17.6. The van der Waals surface area contributed by atoms with Gasteiger partial charge in [0.25, 0.3) is 0 Å². The lowest BCUT2D eigenvalue weighted by Gasteiger charge is -2.39. The number of ether oxygens (including phenoxy) is 4. The van der Waals surface area contributed by atoms with Crippen LogP contribution in [0.1, 0.15) is 149 Å². The lowest BCUT2D eigenvalue weighted by atomic mass is 9.99. The highest BCUT2D eigenvalue weighted by Crippen LogP contribution is 2.22. The molecular formula is C34H66O9. The van der Waals surface area contributed by atoms with E-state index in [9.17, 15) is 25.2 Å². The van der Waals surface area contributed by atoms with Gasteiger partial charge in [-0.2, -0.15) is 0 Å². The molecule has 4 N–H and O–H groups in total. The van der Waals surface area contributed by atoms with Crippen LogP contribution in [-0.2, 0) is 23.7 Å². The second kappa shape index (κ2) is 27.5. The van der Waals surface area contributed by atoms with Crippen LogP contribution in [0.5, 0.6) is 0 Å². The van der Waals surface area contributed by atoms with Crippen molar-refractivity contribution in [3.8, 4) is 0 Å². The van der Waals surface area contributed by atoms with Gasteiger partial charge < -0.3 is 39.4 Å². The van der Waals surface area contributed by atoms with E-state index in [0.29, 0.717) is 13.0 Å². The van der Waals surface area contributed by atoms with Gasteiger partial charge in [0.05, 0.1) is 19.8 Å². The molecule has 0 aromatic carbocycles. The van der Waals surface area contributed by atoms with Gasteiger partial charge in [-0.25, -0.2) is 0 Å². The lowest BCUT2D eigenvalue weighted by molar-refractivity contribution is -0.305. The first-order chi connectivity index (χ1) is 20.9. The molecule has 0 aliphatic carbocycles. The minimum atomic E-state index is -1.53. The quantitative estimate of drug-likeness (QED) is 0.0591. The SMILES string of the molecule is CCCCCCCCCCCCCCCOCC(COC1OC(CO)C(O)C(O)C1O)OC(=O)CCCCCCCCC. The molecule has 9 nitrogen and oxygen atoms in total. The maximum Gasteiger partial charge on any atom is 0.306 e. The van der Waals surface area contributed by atoms with Crippen LogP contribution in [0.2, 0.25) is 0 Å². The first-order valence-electron chi connectivity index (χ1n) is 17.6. The maximum atomic E-state index is 12.5. The Balaban J connectivity index is 2.33. The fourth-order valence-electron chi connectivity index (χ4n) is 5.43. The summed E-state index contributed by atoms with van der Waals surface area (Å²) in [6.45, 7) is 4.51. The van der Waals surface area contributed by atoms with E-state index >= 15 is 0 Å². The van der Waals surface area contributed by atoms with Crippen molar-refractivity contribution in [1.29, 1.82) is 0 Å². The van der Waals surface area contributed by atoms with Gasteiger partial charge in [-0.3, -0.25) is 4.79 Å². The molecule has 0 radical (unpaired) electrons. The Morgan fingerprint density at radius 2 is 1.14 bits per heavy atom. The Hall–Kier alpha value is -0.810. The molecule has 1 fully saturated rings. The second-order valence-electron chi connectivity index (χ2n) is 12.3. The summed E-state index contributed by atoms with van der Waals surface area (Å²) < 4.78 is 22.6. The molecule has 9 heteroatoms. The number of carbonyl (C=O) groups excluding carboxylic acids is 1. The molecule has 1 saturated heterocycles. The van der Waals surface area contributed by atoms with E-state index in [-0.39, 0.29) is 19.2 Å². The van der Waals surface area contributed by atoms with Gasteiger partial charge in [-0.05, 0) is 12.8 Å². The van der Waals surface area contributed by atoms with E-state index in [1.807, 2.05) is 0 Å². The van der Waals surface area contributed by atoms with E-state index in [0.717, 1.165) is 32.1 Å². The number of hydrogen-bond acceptors (Lipinski definition) is 9. The van der Waals surface area contributed by atoms with Gasteiger partial charge in [0.1, 0.15) is 30.5 Å². The van der Waals surface area contributed by atoms with E-state index in [1.54, 1.807) is 0 Å². The standard InChI is InChI=1S/C34H66O9/c1-3-5-7-9-11-12-13-14-15-16-18-20-22-24-40-26-28(42-30(36)23-21-19-17-10-8-6-4-2)27-41-34-33(39)32(38)31(37)29(25-35)43-34/h28-29,31-35,37-39H,3-27H2,1-2H3. The van der Waals surface area contributed by atoms with Crippen molar-refractivity contribution < 1.29 is 44.2 Å². The molecule has 0 saturated carbocycles. The topological polar surface area (TPSA) is 135 Å². The van der Waals surface area contributed by atoms with Gasteiger partial charge in [0.15, 0.2) is 6.29 Å². The van der Waals surface area contributed by atoms with E-state index in [4.69, 9.17) is 18.9 Å². The summed E-state index contributed by atoms with van der Waals surface area (Å²) in [5.74, 6) is -0.319. The normalized spacial score (nSPS) is 23.0.